The number of benzene rings is 2. The lowest BCUT2D eigenvalue weighted by atomic mass is 10.1. The van der Waals surface area contributed by atoms with E-state index in [0.29, 0.717) is 17.7 Å². The summed E-state index contributed by atoms with van der Waals surface area (Å²) in [7, 11) is -1.23. The Kier molecular flexibility index (Phi) is 9.57. The molecule has 0 radical (unpaired) electrons. The number of carbonyl (C=O) groups excluding carboxylic acids is 2. The van der Waals surface area contributed by atoms with Crippen LogP contribution in [0.25, 0.3) is 0 Å². The number of anilines is 1. The molecule has 0 saturated carbocycles. The zero-order valence-corrected chi connectivity index (χ0v) is 21.0. The molecule has 0 aliphatic rings. The van der Waals surface area contributed by atoms with E-state index in [1.807, 2.05) is 13.8 Å². The van der Waals surface area contributed by atoms with Crippen LogP contribution in [0.1, 0.15) is 32.8 Å². The monoisotopic (exact) mass is 492 g/mol. The third-order valence-corrected chi connectivity index (χ3v) is 7.32. The summed E-state index contributed by atoms with van der Waals surface area (Å²) in [5.41, 5.74) is 0.933. The number of nitrogens with one attached hydrogen (secondary N) is 1. The summed E-state index contributed by atoms with van der Waals surface area (Å²) in [4.78, 5) is 27.7. The molecular weight excluding hydrogens is 459 g/mol. The third-order valence-electron chi connectivity index (χ3n) is 5.50. The summed E-state index contributed by atoms with van der Waals surface area (Å²) in [5, 5.41) is 2.86. The van der Waals surface area contributed by atoms with Crippen LogP contribution in [0.4, 0.5) is 10.1 Å². The maximum Gasteiger partial charge on any atom is 0.304 e. The van der Waals surface area contributed by atoms with E-state index in [9.17, 15) is 22.4 Å². The van der Waals surface area contributed by atoms with Crippen molar-refractivity contribution in [3.05, 3.63) is 66.0 Å². The largest absolute Gasteiger partial charge is 0.352 e. The second kappa shape index (κ2) is 11.9. The van der Waals surface area contributed by atoms with Gasteiger partial charge in [-0.05, 0) is 50.1 Å². The predicted octanol–water partition coefficient (Wildman–Crippen LogP) is 2.77. The van der Waals surface area contributed by atoms with Crippen LogP contribution >= 0.6 is 0 Å². The Morgan fingerprint density at radius 1 is 1.00 bits per heavy atom. The van der Waals surface area contributed by atoms with Crippen molar-refractivity contribution in [1.29, 1.82) is 0 Å². The molecule has 2 aromatic rings. The molecule has 2 amide bonds. The highest BCUT2D eigenvalue weighted by Gasteiger charge is 2.32. The summed E-state index contributed by atoms with van der Waals surface area (Å²) < 4.78 is 41.5. The first kappa shape index (κ1) is 27.3. The SMILES string of the molecule is CC[C@H](C)NC(=O)[C@H](C)N(Cc1ccc(F)cc1)C(=O)CN(c1ccccc1)S(=O)(=O)N(C)C. The van der Waals surface area contributed by atoms with Gasteiger partial charge in [0.1, 0.15) is 18.4 Å². The number of para-hydroxylation sites is 1. The van der Waals surface area contributed by atoms with Crippen molar-refractivity contribution in [3.8, 4) is 0 Å². The molecule has 2 aromatic carbocycles. The summed E-state index contributed by atoms with van der Waals surface area (Å²) >= 11 is 0. The highest BCUT2D eigenvalue weighted by Crippen LogP contribution is 2.20. The van der Waals surface area contributed by atoms with E-state index < -0.39 is 34.5 Å². The summed E-state index contributed by atoms with van der Waals surface area (Å²) in [6.07, 6.45) is 0.716. The summed E-state index contributed by atoms with van der Waals surface area (Å²) in [6, 6.07) is 12.9. The lowest BCUT2D eigenvalue weighted by Gasteiger charge is -2.33. The number of nitrogens with zero attached hydrogens (tertiary/aromatic N) is 3. The second-order valence-corrected chi connectivity index (χ2v) is 10.3. The normalized spacial score (nSPS) is 13.3. The lowest BCUT2D eigenvalue weighted by molar-refractivity contribution is -0.139. The van der Waals surface area contributed by atoms with E-state index in [2.05, 4.69) is 5.32 Å². The minimum atomic E-state index is -4.00. The quantitative estimate of drug-likeness (QED) is 0.522. The van der Waals surface area contributed by atoms with Gasteiger partial charge in [-0.1, -0.05) is 37.3 Å². The molecule has 8 nitrogen and oxygen atoms in total. The van der Waals surface area contributed by atoms with Gasteiger partial charge in [0.25, 0.3) is 0 Å². The first-order chi connectivity index (χ1) is 16.0. The van der Waals surface area contributed by atoms with Crippen LogP contribution in [0, 0.1) is 5.82 Å². The second-order valence-electron chi connectivity index (χ2n) is 8.27. The van der Waals surface area contributed by atoms with E-state index in [1.54, 1.807) is 37.3 Å². The fraction of sp³-hybridized carbons (Fsp3) is 0.417. The molecular formula is C24H33FN4O4S. The number of rotatable bonds is 11. The Morgan fingerprint density at radius 3 is 2.12 bits per heavy atom. The predicted molar refractivity (Wildman–Crippen MR) is 131 cm³/mol. The third kappa shape index (κ3) is 7.01. The van der Waals surface area contributed by atoms with Crippen molar-refractivity contribution in [2.45, 2.75) is 45.8 Å². The van der Waals surface area contributed by atoms with Crippen LogP contribution in [-0.2, 0) is 26.3 Å². The molecule has 2 rings (SSSR count). The van der Waals surface area contributed by atoms with E-state index in [-0.39, 0.29) is 18.5 Å². The van der Waals surface area contributed by atoms with Gasteiger partial charge >= 0.3 is 10.2 Å². The van der Waals surface area contributed by atoms with Gasteiger partial charge in [0.05, 0.1) is 5.69 Å². The van der Waals surface area contributed by atoms with E-state index in [4.69, 9.17) is 0 Å². The molecule has 0 unspecified atom stereocenters. The Morgan fingerprint density at radius 2 is 1.59 bits per heavy atom. The molecule has 34 heavy (non-hydrogen) atoms. The van der Waals surface area contributed by atoms with Crippen LogP contribution in [0.2, 0.25) is 0 Å². The highest BCUT2D eigenvalue weighted by molar-refractivity contribution is 7.90. The Bertz CT molecular complexity index is 1060. The molecule has 186 valence electrons. The molecule has 0 aliphatic heterocycles. The molecule has 0 spiro atoms. The van der Waals surface area contributed by atoms with E-state index >= 15 is 0 Å². The number of amides is 2. The molecule has 0 aliphatic carbocycles. The smallest absolute Gasteiger partial charge is 0.304 e. The van der Waals surface area contributed by atoms with E-state index in [0.717, 1.165) is 8.61 Å². The van der Waals surface area contributed by atoms with Gasteiger partial charge in [-0.15, -0.1) is 0 Å². The van der Waals surface area contributed by atoms with Gasteiger partial charge in [-0.3, -0.25) is 9.59 Å². The molecule has 0 aromatic heterocycles. The van der Waals surface area contributed by atoms with Crippen LogP contribution in [0.15, 0.2) is 54.6 Å². The van der Waals surface area contributed by atoms with Crippen molar-refractivity contribution in [2.75, 3.05) is 24.9 Å². The summed E-state index contributed by atoms with van der Waals surface area (Å²) in [6.45, 7) is 4.89. The van der Waals surface area contributed by atoms with E-state index in [1.165, 1.54) is 43.3 Å². The number of hydrogen-bond acceptors (Lipinski definition) is 4. The molecule has 0 saturated heterocycles. The van der Waals surface area contributed by atoms with Gasteiger partial charge in [-0.2, -0.15) is 12.7 Å². The minimum absolute atomic E-state index is 0.0127. The van der Waals surface area contributed by atoms with Gasteiger partial charge in [0, 0.05) is 26.7 Å². The minimum Gasteiger partial charge on any atom is -0.352 e. The first-order valence-corrected chi connectivity index (χ1v) is 12.5. The van der Waals surface area contributed by atoms with Crippen molar-refractivity contribution in [2.24, 2.45) is 0 Å². The number of halogens is 1. The molecule has 2 atom stereocenters. The van der Waals surface area contributed by atoms with Crippen molar-refractivity contribution in [1.82, 2.24) is 14.5 Å². The van der Waals surface area contributed by atoms with Crippen LogP contribution < -0.4 is 9.62 Å². The number of carbonyl (C=O) groups is 2. The fourth-order valence-electron chi connectivity index (χ4n) is 3.15. The Hall–Kier alpha value is -2.98. The highest BCUT2D eigenvalue weighted by atomic mass is 32.2. The van der Waals surface area contributed by atoms with Crippen molar-refractivity contribution in [3.63, 3.8) is 0 Å². The van der Waals surface area contributed by atoms with Gasteiger partial charge in [-0.25, -0.2) is 8.70 Å². The lowest BCUT2D eigenvalue weighted by Crippen LogP contribution is -2.53. The Labute approximate surface area is 201 Å². The summed E-state index contributed by atoms with van der Waals surface area (Å²) in [5.74, 6) is -1.34. The standard InChI is InChI=1S/C24H33FN4O4S/c1-6-18(2)26-24(31)19(3)28(16-20-12-14-21(25)15-13-20)23(30)17-29(34(32,33)27(4)5)22-10-8-7-9-11-22/h7-15,18-19H,6,16-17H2,1-5H3,(H,26,31)/t18-,19-/m0/s1. The molecule has 0 bridgehead atoms. The van der Waals surface area contributed by atoms with Gasteiger partial charge < -0.3 is 10.2 Å². The zero-order chi connectivity index (χ0) is 25.5. The maximum absolute atomic E-state index is 13.5. The van der Waals surface area contributed by atoms with Crippen molar-refractivity contribution < 1.29 is 22.4 Å². The number of hydrogen-bond donors (Lipinski definition) is 1. The average molecular weight is 493 g/mol. The van der Waals surface area contributed by atoms with Gasteiger partial charge in [0.2, 0.25) is 11.8 Å². The fourth-order valence-corrected chi connectivity index (χ4v) is 4.20. The first-order valence-electron chi connectivity index (χ1n) is 11.1. The van der Waals surface area contributed by atoms with Gasteiger partial charge in [0.15, 0.2) is 0 Å². The topological polar surface area (TPSA) is 90.0 Å². The molecule has 0 heterocycles. The molecule has 0 fully saturated rings. The zero-order valence-electron chi connectivity index (χ0n) is 20.2. The van der Waals surface area contributed by atoms with Crippen LogP contribution in [0.5, 0.6) is 0 Å². The van der Waals surface area contributed by atoms with Crippen LogP contribution in [-0.4, -0.2) is 62.2 Å². The van der Waals surface area contributed by atoms with Crippen LogP contribution in [0.3, 0.4) is 0 Å². The molecule has 1 N–H and O–H groups in total. The van der Waals surface area contributed by atoms with Crippen molar-refractivity contribution >= 4 is 27.7 Å². The maximum atomic E-state index is 13.5. The average Bonchev–Trinajstić information content (AvgIpc) is 2.81. The Balaban J connectivity index is 2.41. The molecule has 10 heteroatoms.